The molecule has 3 aromatic carbocycles. The van der Waals surface area contributed by atoms with E-state index in [0.717, 1.165) is 0 Å². The lowest BCUT2D eigenvalue weighted by Crippen LogP contribution is -2.21. The summed E-state index contributed by atoms with van der Waals surface area (Å²) in [6.07, 6.45) is 0.634. The highest BCUT2D eigenvalue weighted by Crippen LogP contribution is 2.40. The first-order valence-electron chi connectivity index (χ1n) is 11.3. The highest BCUT2D eigenvalue weighted by atomic mass is 16.6. The third-order valence-corrected chi connectivity index (χ3v) is 5.48. The topological polar surface area (TPSA) is 89.5 Å². The number of hydrogen-bond donors (Lipinski definition) is 0. The first kappa shape index (κ1) is 24.7. The van der Waals surface area contributed by atoms with E-state index in [-0.39, 0.29) is 18.1 Å². The molecule has 8 nitrogen and oxygen atoms in total. The van der Waals surface area contributed by atoms with Gasteiger partial charge in [-0.3, -0.25) is 4.79 Å². The van der Waals surface area contributed by atoms with Crippen molar-refractivity contribution in [3.8, 4) is 28.7 Å². The first-order valence-corrected chi connectivity index (χ1v) is 11.3. The quantitative estimate of drug-likeness (QED) is 0.305. The SMILES string of the molecule is CCOC(=O)[C@H](Oc1ccc2c(c1)OC(=Cc1cc(OC)c(OC)c(OC)c1)C2=O)c1ccccc1. The monoisotopic (exact) mass is 490 g/mol. The molecule has 1 aliphatic rings. The molecular weight excluding hydrogens is 464 g/mol. The van der Waals surface area contributed by atoms with E-state index < -0.39 is 12.1 Å². The van der Waals surface area contributed by atoms with E-state index in [9.17, 15) is 9.59 Å². The number of benzene rings is 3. The third kappa shape index (κ3) is 4.98. The number of allylic oxidation sites excluding steroid dienone is 1. The fraction of sp³-hybridized carbons (Fsp3) is 0.214. The van der Waals surface area contributed by atoms with Gasteiger partial charge in [0.25, 0.3) is 0 Å². The Balaban J connectivity index is 1.61. The van der Waals surface area contributed by atoms with Gasteiger partial charge in [0, 0.05) is 11.6 Å². The highest BCUT2D eigenvalue weighted by molar-refractivity contribution is 6.14. The van der Waals surface area contributed by atoms with Crippen molar-refractivity contribution in [1.29, 1.82) is 0 Å². The highest BCUT2D eigenvalue weighted by Gasteiger charge is 2.30. The van der Waals surface area contributed by atoms with E-state index in [1.165, 1.54) is 21.3 Å². The molecule has 0 N–H and O–H groups in total. The molecule has 0 radical (unpaired) electrons. The van der Waals surface area contributed by atoms with Crippen molar-refractivity contribution >= 4 is 17.8 Å². The van der Waals surface area contributed by atoms with Gasteiger partial charge in [-0.25, -0.2) is 4.79 Å². The van der Waals surface area contributed by atoms with Crippen LogP contribution in [0.25, 0.3) is 6.08 Å². The number of carbonyl (C=O) groups is 2. The molecule has 0 aromatic heterocycles. The molecule has 1 atom stereocenters. The molecule has 186 valence electrons. The minimum absolute atomic E-state index is 0.126. The van der Waals surface area contributed by atoms with Crippen LogP contribution in [0.5, 0.6) is 28.7 Å². The molecular formula is C28H26O8. The Labute approximate surface area is 209 Å². The maximum absolute atomic E-state index is 13.0. The predicted molar refractivity (Wildman–Crippen MR) is 132 cm³/mol. The maximum Gasteiger partial charge on any atom is 0.352 e. The summed E-state index contributed by atoms with van der Waals surface area (Å²) in [4.78, 5) is 25.6. The number of carbonyl (C=O) groups excluding carboxylic acids is 2. The van der Waals surface area contributed by atoms with Gasteiger partial charge in [-0.15, -0.1) is 0 Å². The smallest absolute Gasteiger partial charge is 0.352 e. The molecule has 0 aliphatic carbocycles. The van der Waals surface area contributed by atoms with Crippen LogP contribution in [0.2, 0.25) is 0 Å². The van der Waals surface area contributed by atoms with Gasteiger partial charge in [0.2, 0.25) is 17.6 Å². The van der Waals surface area contributed by atoms with Crippen molar-refractivity contribution in [3.63, 3.8) is 0 Å². The minimum atomic E-state index is -0.962. The molecule has 3 aromatic rings. The van der Waals surface area contributed by atoms with Gasteiger partial charge in [-0.1, -0.05) is 30.3 Å². The van der Waals surface area contributed by atoms with Gasteiger partial charge in [-0.2, -0.15) is 0 Å². The Bertz CT molecular complexity index is 1270. The van der Waals surface area contributed by atoms with Crippen molar-refractivity contribution in [2.24, 2.45) is 0 Å². The number of hydrogen-bond acceptors (Lipinski definition) is 8. The van der Waals surface area contributed by atoms with Gasteiger partial charge >= 0.3 is 5.97 Å². The number of fused-ring (bicyclic) bond motifs is 1. The third-order valence-electron chi connectivity index (χ3n) is 5.48. The Morgan fingerprint density at radius 3 is 2.25 bits per heavy atom. The summed E-state index contributed by atoms with van der Waals surface area (Å²) in [5.74, 6) is 1.37. The van der Waals surface area contributed by atoms with E-state index in [0.29, 0.717) is 45.4 Å². The number of ether oxygens (including phenoxy) is 6. The molecule has 0 saturated heterocycles. The molecule has 4 rings (SSSR count). The van der Waals surface area contributed by atoms with Crippen molar-refractivity contribution in [1.82, 2.24) is 0 Å². The minimum Gasteiger partial charge on any atom is -0.493 e. The molecule has 0 amide bonds. The summed E-state index contributed by atoms with van der Waals surface area (Å²) < 4.78 is 33.2. The van der Waals surface area contributed by atoms with E-state index in [1.54, 1.807) is 55.5 Å². The number of esters is 1. The van der Waals surface area contributed by atoms with E-state index in [1.807, 2.05) is 18.2 Å². The van der Waals surface area contributed by atoms with E-state index >= 15 is 0 Å². The average molecular weight is 491 g/mol. The van der Waals surface area contributed by atoms with Crippen molar-refractivity contribution in [3.05, 3.63) is 83.1 Å². The normalized spacial score (nSPS) is 14.0. The van der Waals surface area contributed by atoms with Gasteiger partial charge in [0.05, 0.1) is 33.5 Å². The summed E-state index contributed by atoms with van der Waals surface area (Å²) in [5.41, 5.74) is 1.66. The fourth-order valence-electron chi connectivity index (χ4n) is 3.81. The van der Waals surface area contributed by atoms with Crippen LogP contribution in [0.3, 0.4) is 0 Å². The van der Waals surface area contributed by atoms with Crippen LogP contribution < -0.4 is 23.7 Å². The lowest BCUT2D eigenvalue weighted by molar-refractivity contribution is -0.151. The molecule has 0 bridgehead atoms. The summed E-state index contributed by atoms with van der Waals surface area (Å²) in [6.45, 7) is 1.96. The van der Waals surface area contributed by atoms with Crippen molar-refractivity contribution in [2.45, 2.75) is 13.0 Å². The second-order valence-electron chi connectivity index (χ2n) is 7.72. The molecule has 0 fully saturated rings. The van der Waals surface area contributed by atoms with Gasteiger partial charge in [0.15, 0.2) is 17.3 Å². The fourth-order valence-corrected chi connectivity index (χ4v) is 3.81. The van der Waals surface area contributed by atoms with Crippen molar-refractivity contribution in [2.75, 3.05) is 27.9 Å². The molecule has 0 spiro atoms. The van der Waals surface area contributed by atoms with Crippen LogP contribution in [-0.2, 0) is 9.53 Å². The number of ketones is 1. The summed E-state index contributed by atoms with van der Waals surface area (Å²) >= 11 is 0. The lowest BCUT2D eigenvalue weighted by atomic mass is 10.1. The second-order valence-corrected chi connectivity index (χ2v) is 7.72. The van der Waals surface area contributed by atoms with Crippen LogP contribution in [0.1, 0.15) is 34.5 Å². The first-order chi connectivity index (χ1) is 17.5. The summed E-state index contributed by atoms with van der Waals surface area (Å²) in [5, 5.41) is 0. The molecule has 0 unspecified atom stereocenters. The zero-order valence-corrected chi connectivity index (χ0v) is 20.4. The van der Waals surface area contributed by atoms with Crippen molar-refractivity contribution < 1.29 is 38.0 Å². The molecule has 0 saturated carbocycles. The Morgan fingerprint density at radius 2 is 1.64 bits per heavy atom. The zero-order chi connectivity index (χ0) is 25.7. The Morgan fingerprint density at radius 1 is 0.944 bits per heavy atom. The summed E-state index contributed by atoms with van der Waals surface area (Å²) in [6, 6.07) is 17.3. The van der Waals surface area contributed by atoms with Crippen LogP contribution in [0.4, 0.5) is 0 Å². The predicted octanol–water partition coefficient (Wildman–Crippen LogP) is 5.01. The largest absolute Gasteiger partial charge is 0.493 e. The standard InChI is InChI=1S/C28H26O8/c1-5-34-28(30)26(18-9-7-6-8-10-18)35-19-11-12-20-21(16-19)36-22(25(20)29)13-17-14-23(31-2)27(33-4)24(15-17)32-3/h6-16,26H,5H2,1-4H3/t26-/m1/s1. The summed E-state index contributed by atoms with van der Waals surface area (Å²) in [7, 11) is 4.55. The van der Waals surface area contributed by atoms with E-state index in [2.05, 4.69) is 0 Å². The lowest BCUT2D eigenvalue weighted by Gasteiger charge is -2.18. The van der Waals surface area contributed by atoms with Gasteiger partial charge in [-0.05, 0) is 42.8 Å². The molecule has 1 heterocycles. The zero-order valence-electron chi connectivity index (χ0n) is 20.4. The van der Waals surface area contributed by atoms with Crippen LogP contribution in [-0.4, -0.2) is 39.7 Å². The van der Waals surface area contributed by atoms with Gasteiger partial charge in [0.1, 0.15) is 11.5 Å². The van der Waals surface area contributed by atoms with Crippen LogP contribution >= 0.6 is 0 Å². The molecule has 36 heavy (non-hydrogen) atoms. The Kier molecular flexibility index (Phi) is 7.44. The number of Topliss-reactive ketones (excluding diaryl/α,β-unsaturated/α-hetero) is 1. The van der Waals surface area contributed by atoms with E-state index in [4.69, 9.17) is 28.4 Å². The molecule has 1 aliphatic heterocycles. The van der Waals surface area contributed by atoms with Crippen LogP contribution in [0, 0.1) is 0 Å². The molecule has 8 heteroatoms. The number of rotatable bonds is 9. The van der Waals surface area contributed by atoms with Crippen LogP contribution in [0.15, 0.2) is 66.4 Å². The maximum atomic E-state index is 13.0. The average Bonchev–Trinajstić information content (AvgIpc) is 3.21. The Hall–Kier alpha value is -4.46. The number of methoxy groups -OCH3 is 3. The second kappa shape index (κ2) is 10.9. The van der Waals surface area contributed by atoms with Gasteiger partial charge < -0.3 is 28.4 Å².